The highest BCUT2D eigenvalue weighted by atomic mass is 32.1. The van der Waals surface area contributed by atoms with E-state index in [1.54, 1.807) is 11.3 Å². The fraction of sp³-hybridized carbons (Fsp3) is 0.471. The first-order chi connectivity index (χ1) is 9.96. The SMILES string of the molecule is CC(C)NCCC(C)(O)Cc1nc(-c2ccccc2)cs1. The summed E-state index contributed by atoms with van der Waals surface area (Å²) in [7, 11) is 0. The predicted octanol–water partition coefficient (Wildman–Crippen LogP) is 3.49. The summed E-state index contributed by atoms with van der Waals surface area (Å²) in [5, 5.41) is 16.9. The van der Waals surface area contributed by atoms with E-state index in [0.29, 0.717) is 12.5 Å². The summed E-state index contributed by atoms with van der Waals surface area (Å²) in [6.45, 7) is 6.93. The van der Waals surface area contributed by atoms with Gasteiger partial charge >= 0.3 is 0 Å². The molecule has 0 saturated heterocycles. The molecule has 1 aromatic heterocycles. The molecule has 0 aliphatic carbocycles. The fourth-order valence-electron chi connectivity index (χ4n) is 2.18. The molecule has 3 nitrogen and oxygen atoms in total. The van der Waals surface area contributed by atoms with Crippen molar-refractivity contribution in [3.05, 3.63) is 40.7 Å². The van der Waals surface area contributed by atoms with Crippen molar-refractivity contribution in [3.8, 4) is 11.3 Å². The largest absolute Gasteiger partial charge is 0.390 e. The van der Waals surface area contributed by atoms with Crippen molar-refractivity contribution >= 4 is 11.3 Å². The molecule has 0 aliphatic heterocycles. The molecule has 4 heteroatoms. The summed E-state index contributed by atoms with van der Waals surface area (Å²) < 4.78 is 0. The lowest BCUT2D eigenvalue weighted by atomic mass is 9.98. The van der Waals surface area contributed by atoms with Crippen LogP contribution in [-0.2, 0) is 6.42 Å². The molecule has 2 rings (SSSR count). The van der Waals surface area contributed by atoms with Crippen LogP contribution in [0, 0.1) is 0 Å². The van der Waals surface area contributed by atoms with Crippen molar-refractivity contribution in [1.82, 2.24) is 10.3 Å². The van der Waals surface area contributed by atoms with Crippen LogP contribution < -0.4 is 5.32 Å². The number of nitrogens with zero attached hydrogens (tertiary/aromatic N) is 1. The van der Waals surface area contributed by atoms with Gasteiger partial charge in [-0.3, -0.25) is 0 Å². The molecule has 0 spiro atoms. The number of rotatable bonds is 7. The van der Waals surface area contributed by atoms with Gasteiger partial charge in [0, 0.05) is 23.4 Å². The van der Waals surface area contributed by atoms with Gasteiger partial charge in [0.15, 0.2) is 0 Å². The van der Waals surface area contributed by atoms with Crippen LogP contribution in [-0.4, -0.2) is 28.3 Å². The molecular formula is C17H24N2OS. The minimum Gasteiger partial charge on any atom is -0.390 e. The van der Waals surface area contributed by atoms with Crippen molar-refractivity contribution in [2.24, 2.45) is 0 Å². The molecule has 0 aliphatic rings. The molecule has 114 valence electrons. The third kappa shape index (κ3) is 5.23. The molecule has 0 fully saturated rings. The first-order valence-corrected chi connectivity index (χ1v) is 8.30. The summed E-state index contributed by atoms with van der Waals surface area (Å²) in [4.78, 5) is 4.65. The minimum absolute atomic E-state index is 0.449. The maximum atomic E-state index is 10.5. The molecule has 1 heterocycles. The van der Waals surface area contributed by atoms with Crippen LogP contribution in [0.2, 0.25) is 0 Å². The molecule has 1 atom stereocenters. The highest BCUT2D eigenvalue weighted by molar-refractivity contribution is 7.09. The summed E-state index contributed by atoms with van der Waals surface area (Å²) in [5.41, 5.74) is 1.40. The second-order valence-electron chi connectivity index (χ2n) is 6.03. The van der Waals surface area contributed by atoms with Crippen LogP contribution in [0.3, 0.4) is 0 Å². The van der Waals surface area contributed by atoms with Gasteiger partial charge in [-0.1, -0.05) is 44.2 Å². The standard InChI is InChI=1S/C17H24N2OS/c1-13(2)18-10-9-17(3,20)11-16-19-15(12-21-16)14-7-5-4-6-8-14/h4-8,12-13,18,20H,9-11H2,1-3H3. The predicted molar refractivity (Wildman–Crippen MR) is 89.6 cm³/mol. The number of hydrogen-bond acceptors (Lipinski definition) is 4. The number of aromatic nitrogens is 1. The van der Waals surface area contributed by atoms with Crippen molar-refractivity contribution in [2.75, 3.05) is 6.54 Å². The van der Waals surface area contributed by atoms with Crippen molar-refractivity contribution in [1.29, 1.82) is 0 Å². The van der Waals surface area contributed by atoms with E-state index in [4.69, 9.17) is 0 Å². The molecule has 0 bridgehead atoms. The molecule has 0 saturated carbocycles. The fourth-order valence-corrected chi connectivity index (χ4v) is 3.16. The second kappa shape index (κ2) is 7.16. The van der Waals surface area contributed by atoms with Gasteiger partial charge in [-0.15, -0.1) is 11.3 Å². The molecule has 1 unspecified atom stereocenters. The van der Waals surface area contributed by atoms with Crippen molar-refractivity contribution in [2.45, 2.75) is 45.3 Å². The summed E-state index contributed by atoms with van der Waals surface area (Å²) in [6.07, 6.45) is 1.33. The topological polar surface area (TPSA) is 45.1 Å². The molecule has 2 N–H and O–H groups in total. The molecule has 0 radical (unpaired) electrons. The lowest BCUT2D eigenvalue weighted by molar-refractivity contribution is 0.0510. The average Bonchev–Trinajstić information content (AvgIpc) is 2.86. The number of nitrogens with one attached hydrogen (secondary N) is 1. The Morgan fingerprint density at radius 1 is 1.29 bits per heavy atom. The lowest BCUT2D eigenvalue weighted by Crippen LogP contribution is -2.34. The Hall–Kier alpha value is -1.23. The summed E-state index contributed by atoms with van der Waals surface area (Å²) in [6, 6.07) is 10.6. The highest BCUT2D eigenvalue weighted by Crippen LogP contribution is 2.25. The summed E-state index contributed by atoms with van der Waals surface area (Å²) in [5.74, 6) is 0. The Morgan fingerprint density at radius 2 is 2.00 bits per heavy atom. The smallest absolute Gasteiger partial charge is 0.0961 e. The molecule has 1 aromatic carbocycles. The third-order valence-corrected chi connectivity index (χ3v) is 4.22. The van der Waals surface area contributed by atoms with E-state index in [1.165, 1.54) is 0 Å². The third-order valence-electron chi connectivity index (χ3n) is 3.37. The Labute approximate surface area is 131 Å². The van der Waals surface area contributed by atoms with E-state index >= 15 is 0 Å². The van der Waals surface area contributed by atoms with E-state index in [2.05, 4.69) is 41.7 Å². The maximum absolute atomic E-state index is 10.5. The first-order valence-electron chi connectivity index (χ1n) is 7.42. The van der Waals surface area contributed by atoms with Gasteiger partial charge in [0.05, 0.1) is 16.3 Å². The van der Waals surface area contributed by atoms with Gasteiger partial charge in [0.25, 0.3) is 0 Å². The van der Waals surface area contributed by atoms with E-state index in [9.17, 15) is 5.11 Å². The maximum Gasteiger partial charge on any atom is 0.0961 e. The Balaban J connectivity index is 1.95. The second-order valence-corrected chi connectivity index (χ2v) is 6.97. The minimum atomic E-state index is -0.715. The molecule has 21 heavy (non-hydrogen) atoms. The van der Waals surface area contributed by atoms with Gasteiger partial charge in [-0.25, -0.2) is 4.98 Å². The quantitative estimate of drug-likeness (QED) is 0.823. The van der Waals surface area contributed by atoms with E-state index < -0.39 is 5.60 Å². The Morgan fingerprint density at radius 3 is 2.67 bits per heavy atom. The monoisotopic (exact) mass is 304 g/mol. The van der Waals surface area contributed by atoms with Crippen LogP contribution in [0.4, 0.5) is 0 Å². The zero-order valence-electron chi connectivity index (χ0n) is 13.0. The van der Waals surface area contributed by atoms with E-state index in [0.717, 1.165) is 29.2 Å². The van der Waals surface area contributed by atoms with Crippen LogP contribution in [0.15, 0.2) is 35.7 Å². The van der Waals surface area contributed by atoms with Gasteiger partial charge in [-0.05, 0) is 19.9 Å². The van der Waals surface area contributed by atoms with E-state index in [-0.39, 0.29) is 0 Å². The van der Waals surface area contributed by atoms with Crippen LogP contribution in [0.1, 0.15) is 32.2 Å². The number of thiazole rings is 1. The Bertz CT molecular complexity index is 549. The summed E-state index contributed by atoms with van der Waals surface area (Å²) >= 11 is 1.62. The van der Waals surface area contributed by atoms with Gasteiger partial charge in [0.1, 0.15) is 0 Å². The van der Waals surface area contributed by atoms with Gasteiger partial charge in [0.2, 0.25) is 0 Å². The zero-order valence-corrected chi connectivity index (χ0v) is 13.8. The van der Waals surface area contributed by atoms with Crippen LogP contribution in [0.25, 0.3) is 11.3 Å². The van der Waals surface area contributed by atoms with Crippen molar-refractivity contribution in [3.63, 3.8) is 0 Å². The highest BCUT2D eigenvalue weighted by Gasteiger charge is 2.22. The normalized spacial score (nSPS) is 14.3. The first kappa shape index (κ1) is 16.1. The van der Waals surface area contributed by atoms with Gasteiger partial charge < -0.3 is 10.4 Å². The van der Waals surface area contributed by atoms with Crippen molar-refractivity contribution < 1.29 is 5.11 Å². The zero-order chi connectivity index (χ0) is 15.3. The van der Waals surface area contributed by atoms with Crippen LogP contribution >= 0.6 is 11.3 Å². The van der Waals surface area contributed by atoms with Gasteiger partial charge in [-0.2, -0.15) is 0 Å². The van der Waals surface area contributed by atoms with E-state index in [1.807, 2.05) is 25.1 Å². The molecule has 2 aromatic rings. The number of hydrogen-bond donors (Lipinski definition) is 2. The lowest BCUT2D eigenvalue weighted by Gasteiger charge is -2.22. The molecule has 0 amide bonds. The Kier molecular flexibility index (Phi) is 5.51. The number of aliphatic hydroxyl groups is 1. The number of benzene rings is 1. The molecular weight excluding hydrogens is 280 g/mol. The average molecular weight is 304 g/mol. The van der Waals surface area contributed by atoms with Crippen LogP contribution in [0.5, 0.6) is 0 Å².